The number of imide groups is 1. The van der Waals surface area contributed by atoms with Crippen LogP contribution in [0.3, 0.4) is 0 Å². The van der Waals surface area contributed by atoms with Crippen molar-refractivity contribution in [2.45, 2.75) is 44.4 Å². The lowest BCUT2D eigenvalue weighted by Gasteiger charge is -2.13. The van der Waals surface area contributed by atoms with Gasteiger partial charge in [0.25, 0.3) is 11.8 Å². The molecule has 10 heteroatoms. The molecule has 1 atom stereocenters. The fourth-order valence-corrected chi connectivity index (χ4v) is 5.88. The number of unbranched alkanes of at least 4 members (excludes halogenated alkanes) is 2. The number of carbonyl (C=O) groups is 5. The van der Waals surface area contributed by atoms with Gasteiger partial charge in [-0.3, -0.25) is 24.1 Å². The SMILES string of the molecule is COC(=O)c1c(NC(=O)CCCCCN2C(=O)c3ccccc3C2=O)sc2c1[C@H](C(=O)OC)CC2. The van der Waals surface area contributed by atoms with Gasteiger partial charge in [-0.05, 0) is 43.4 Å². The number of nitrogens with zero attached hydrogens (tertiary/aromatic N) is 1. The third-order valence-corrected chi connectivity index (χ3v) is 7.50. The Balaban J connectivity index is 1.30. The zero-order chi connectivity index (χ0) is 25.1. The Morgan fingerprint density at radius 2 is 1.71 bits per heavy atom. The fraction of sp³-hybridized carbons (Fsp3) is 0.400. The number of hydrogen-bond donors (Lipinski definition) is 1. The number of anilines is 1. The Hall–Kier alpha value is -3.53. The molecule has 1 aliphatic heterocycles. The van der Waals surface area contributed by atoms with Gasteiger partial charge in [0.15, 0.2) is 0 Å². The third kappa shape index (κ3) is 4.70. The minimum Gasteiger partial charge on any atom is -0.469 e. The second-order valence-corrected chi connectivity index (χ2v) is 9.52. The largest absolute Gasteiger partial charge is 0.469 e. The van der Waals surface area contributed by atoms with E-state index in [0.717, 1.165) is 4.88 Å². The monoisotopic (exact) mass is 498 g/mol. The summed E-state index contributed by atoms with van der Waals surface area (Å²) < 4.78 is 9.79. The molecule has 2 heterocycles. The molecule has 184 valence electrons. The van der Waals surface area contributed by atoms with Crippen molar-refractivity contribution in [2.24, 2.45) is 0 Å². The standard InChI is InChI=1S/C25H26N2O7S/c1-33-24(31)16-11-12-17-19(16)20(25(32)34-2)21(35-17)26-18(28)10-4-3-7-13-27-22(29)14-8-5-6-9-15(14)23(27)30/h5-6,8-9,16H,3-4,7,10-13H2,1-2H3,(H,26,28)/t16-/m1/s1. The molecule has 1 aliphatic carbocycles. The number of aryl methyl sites for hydroxylation is 1. The molecule has 2 aliphatic rings. The number of carbonyl (C=O) groups excluding carboxylic acids is 5. The molecule has 1 N–H and O–H groups in total. The smallest absolute Gasteiger partial charge is 0.341 e. The first-order valence-corrected chi connectivity index (χ1v) is 12.3. The molecule has 1 aromatic heterocycles. The van der Waals surface area contributed by atoms with E-state index in [1.165, 1.54) is 30.5 Å². The number of rotatable bonds is 9. The summed E-state index contributed by atoms with van der Waals surface area (Å²) in [6, 6.07) is 6.76. The third-order valence-electron chi connectivity index (χ3n) is 6.32. The van der Waals surface area contributed by atoms with Crippen LogP contribution in [-0.4, -0.2) is 55.3 Å². The first kappa shape index (κ1) is 24.6. The highest BCUT2D eigenvalue weighted by atomic mass is 32.1. The van der Waals surface area contributed by atoms with Crippen LogP contribution in [0.5, 0.6) is 0 Å². The van der Waals surface area contributed by atoms with Crippen LogP contribution in [0.4, 0.5) is 5.00 Å². The highest BCUT2D eigenvalue weighted by Crippen LogP contribution is 2.46. The summed E-state index contributed by atoms with van der Waals surface area (Å²) >= 11 is 1.29. The van der Waals surface area contributed by atoms with Crippen molar-refractivity contribution in [1.82, 2.24) is 4.90 Å². The predicted octanol–water partition coefficient (Wildman–Crippen LogP) is 3.53. The first-order chi connectivity index (χ1) is 16.9. The lowest BCUT2D eigenvalue weighted by Crippen LogP contribution is -2.30. The maximum absolute atomic E-state index is 12.6. The molecule has 1 aromatic carbocycles. The second-order valence-electron chi connectivity index (χ2n) is 8.42. The maximum atomic E-state index is 12.6. The summed E-state index contributed by atoms with van der Waals surface area (Å²) in [5.74, 6) is -2.39. The normalized spacial score (nSPS) is 16.2. The summed E-state index contributed by atoms with van der Waals surface area (Å²) in [5, 5.41) is 3.18. The van der Waals surface area contributed by atoms with E-state index in [0.29, 0.717) is 60.3 Å². The molecule has 3 amide bonds. The zero-order valence-corrected chi connectivity index (χ0v) is 20.4. The summed E-state index contributed by atoms with van der Waals surface area (Å²) in [6.45, 7) is 0.299. The van der Waals surface area contributed by atoms with E-state index >= 15 is 0 Å². The number of methoxy groups -OCH3 is 2. The van der Waals surface area contributed by atoms with Crippen LogP contribution >= 0.6 is 11.3 Å². The first-order valence-electron chi connectivity index (χ1n) is 11.4. The second kappa shape index (κ2) is 10.4. The minimum absolute atomic E-state index is 0.214. The Morgan fingerprint density at radius 3 is 2.34 bits per heavy atom. The van der Waals surface area contributed by atoms with Crippen LogP contribution < -0.4 is 5.32 Å². The molecule has 0 bridgehead atoms. The van der Waals surface area contributed by atoms with E-state index in [1.54, 1.807) is 24.3 Å². The molecule has 0 unspecified atom stereocenters. The number of ether oxygens (including phenoxy) is 2. The van der Waals surface area contributed by atoms with Crippen LogP contribution in [0.2, 0.25) is 0 Å². The van der Waals surface area contributed by atoms with Gasteiger partial charge < -0.3 is 14.8 Å². The number of esters is 2. The van der Waals surface area contributed by atoms with Crippen molar-refractivity contribution in [2.75, 3.05) is 26.1 Å². The predicted molar refractivity (Wildman–Crippen MR) is 128 cm³/mol. The maximum Gasteiger partial charge on any atom is 0.341 e. The summed E-state index contributed by atoms with van der Waals surface area (Å²) in [6.07, 6.45) is 3.18. The van der Waals surface area contributed by atoms with Crippen molar-refractivity contribution in [3.05, 3.63) is 51.4 Å². The van der Waals surface area contributed by atoms with E-state index in [-0.39, 0.29) is 29.7 Å². The molecular formula is C25H26N2O7S. The van der Waals surface area contributed by atoms with E-state index in [1.807, 2.05) is 0 Å². The number of hydrogen-bond acceptors (Lipinski definition) is 8. The Morgan fingerprint density at radius 1 is 1.03 bits per heavy atom. The van der Waals surface area contributed by atoms with Crippen LogP contribution in [-0.2, 0) is 25.5 Å². The van der Waals surface area contributed by atoms with Crippen molar-refractivity contribution in [1.29, 1.82) is 0 Å². The Bertz CT molecular complexity index is 1170. The van der Waals surface area contributed by atoms with Gasteiger partial charge in [-0.2, -0.15) is 0 Å². The topological polar surface area (TPSA) is 119 Å². The van der Waals surface area contributed by atoms with E-state index in [9.17, 15) is 24.0 Å². The molecule has 4 rings (SSSR count). The summed E-state index contributed by atoms with van der Waals surface area (Å²) in [7, 11) is 2.57. The Labute approximate surface area is 206 Å². The van der Waals surface area contributed by atoms with E-state index in [4.69, 9.17) is 9.47 Å². The molecule has 9 nitrogen and oxygen atoms in total. The van der Waals surface area contributed by atoms with Gasteiger partial charge >= 0.3 is 11.9 Å². The number of thiophene rings is 1. The van der Waals surface area contributed by atoms with Gasteiger partial charge in [0, 0.05) is 17.8 Å². The van der Waals surface area contributed by atoms with Gasteiger partial charge in [-0.1, -0.05) is 18.6 Å². The lowest BCUT2D eigenvalue weighted by atomic mass is 9.99. The van der Waals surface area contributed by atoms with Gasteiger partial charge in [-0.15, -0.1) is 11.3 Å². The number of fused-ring (bicyclic) bond motifs is 2. The molecular weight excluding hydrogens is 472 g/mol. The van der Waals surface area contributed by atoms with Gasteiger partial charge in [0.2, 0.25) is 5.91 Å². The molecule has 0 fully saturated rings. The molecule has 0 saturated carbocycles. The fourth-order valence-electron chi connectivity index (χ4n) is 4.60. The van der Waals surface area contributed by atoms with Crippen LogP contribution in [0, 0.1) is 0 Å². The molecule has 35 heavy (non-hydrogen) atoms. The van der Waals surface area contributed by atoms with Crippen LogP contribution in [0.25, 0.3) is 0 Å². The molecule has 2 aromatic rings. The number of nitrogens with one attached hydrogen (secondary N) is 1. The molecule has 0 spiro atoms. The van der Waals surface area contributed by atoms with Crippen molar-refractivity contribution in [3.8, 4) is 0 Å². The van der Waals surface area contributed by atoms with Crippen molar-refractivity contribution in [3.63, 3.8) is 0 Å². The van der Waals surface area contributed by atoms with E-state index < -0.39 is 17.9 Å². The van der Waals surface area contributed by atoms with Crippen molar-refractivity contribution >= 4 is 46.0 Å². The molecule has 0 saturated heterocycles. The van der Waals surface area contributed by atoms with Gasteiger partial charge in [-0.25, -0.2) is 4.79 Å². The van der Waals surface area contributed by atoms with Crippen molar-refractivity contribution < 1.29 is 33.4 Å². The van der Waals surface area contributed by atoms with Crippen LogP contribution in [0.15, 0.2) is 24.3 Å². The van der Waals surface area contributed by atoms with E-state index in [2.05, 4.69) is 5.32 Å². The van der Waals surface area contributed by atoms with Crippen LogP contribution in [0.1, 0.15) is 79.5 Å². The highest BCUT2D eigenvalue weighted by molar-refractivity contribution is 7.17. The average molecular weight is 499 g/mol. The minimum atomic E-state index is -0.602. The number of benzene rings is 1. The quantitative estimate of drug-likeness (QED) is 0.319. The summed E-state index contributed by atoms with van der Waals surface area (Å²) in [4.78, 5) is 64.2. The Kier molecular flexibility index (Phi) is 7.30. The number of amides is 3. The average Bonchev–Trinajstić information content (AvgIpc) is 3.49. The van der Waals surface area contributed by atoms with Gasteiger partial charge in [0.1, 0.15) is 5.00 Å². The molecule has 0 radical (unpaired) electrons. The zero-order valence-electron chi connectivity index (χ0n) is 19.5. The highest BCUT2D eigenvalue weighted by Gasteiger charge is 2.38. The summed E-state index contributed by atoms with van der Waals surface area (Å²) in [5.41, 5.74) is 1.66. The van der Waals surface area contributed by atoms with Gasteiger partial charge in [0.05, 0.1) is 36.8 Å². The lowest BCUT2D eigenvalue weighted by molar-refractivity contribution is -0.142.